The first-order valence-corrected chi connectivity index (χ1v) is 10.2. The van der Waals surface area contributed by atoms with Gasteiger partial charge in [0.1, 0.15) is 17.2 Å². The van der Waals surface area contributed by atoms with E-state index in [0.29, 0.717) is 36.8 Å². The Bertz CT molecular complexity index is 1100. The molecule has 0 aliphatic heterocycles. The quantitative estimate of drug-likeness (QED) is 0.335. The molecule has 0 spiro atoms. The van der Waals surface area contributed by atoms with E-state index >= 15 is 0 Å². The summed E-state index contributed by atoms with van der Waals surface area (Å²) in [6.07, 6.45) is 1.19. The number of rotatable bonds is 8. The minimum atomic E-state index is -1.10. The fourth-order valence-corrected chi connectivity index (χ4v) is 4.11. The third-order valence-corrected chi connectivity index (χ3v) is 5.63. The molecule has 9 heteroatoms. The number of thiazole rings is 1. The number of halogens is 2. The second-order valence-electron chi connectivity index (χ2n) is 5.96. The van der Waals surface area contributed by atoms with Crippen molar-refractivity contribution in [3.63, 3.8) is 0 Å². The van der Waals surface area contributed by atoms with E-state index in [1.54, 1.807) is 42.5 Å². The van der Waals surface area contributed by atoms with Gasteiger partial charge in [-0.05, 0) is 29.3 Å². The van der Waals surface area contributed by atoms with Crippen LogP contribution in [0.25, 0.3) is 16.1 Å². The van der Waals surface area contributed by atoms with Gasteiger partial charge in [-0.3, -0.25) is 0 Å². The van der Waals surface area contributed by atoms with Crippen molar-refractivity contribution in [3.05, 3.63) is 69.9 Å². The summed E-state index contributed by atoms with van der Waals surface area (Å²) < 4.78 is 16.2. The first kappa shape index (κ1) is 22.0. The van der Waals surface area contributed by atoms with Crippen molar-refractivity contribution < 1.29 is 24.1 Å². The number of aliphatic carboxylic acids is 1. The van der Waals surface area contributed by atoms with Crippen molar-refractivity contribution in [3.8, 4) is 21.5 Å². The highest BCUT2D eigenvalue weighted by Crippen LogP contribution is 2.41. The smallest absolute Gasteiger partial charge is 0.339 e. The fourth-order valence-electron chi connectivity index (χ4n) is 2.69. The zero-order chi connectivity index (χ0) is 21.7. The molecule has 3 rings (SSSR count). The molecule has 0 amide bonds. The van der Waals surface area contributed by atoms with Gasteiger partial charge >= 0.3 is 5.97 Å². The average molecular weight is 466 g/mol. The molecule has 0 fully saturated rings. The lowest BCUT2D eigenvalue weighted by Crippen LogP contribution is -2.06. The maximum atomic E-state index is 11.6. The Morgan fingerprint density at radius 1 is 1.20 bits per heavy atom. The number of nitrogens with zero attached hydrogens (tertiary/aromatic N) is 1. The third kappa shape index (κ3) is 4.87. The molecule has 1 heterocycles. The molecule has 3 aromatic rings. The van der Waals surface area contributed by atoms with Crippen LogP contribution in [-0.4, -0.2) is 30.3 Å². The van der Waals surface area contributed by atoms with Crippen LogP contribution in [0, 0.1) is 0 Å². The lowest BCUT2D eigenvalue weighted by atomic mass is 10.0. The zero-order valence-electron chi connectivity index (χ0n) is 16.0. The molecule has 0 saturated heterocycles. The first-order chi connectivity index (χ1) is 14.4. The van der Waals surface area contributed by atoms with Crippen molar-refractivity contribution in [1.29, 1.82) is 0 Å². The van der Waals surface area contributed by atoms with Crippen LogP contribution in [-0.2, 0) is 16.1 Å². The van der Waals surface area contributed by atoms with Crippen LogP contribution in [0.2, 0.25) is 10.0 Å². The van der Waals surface area contributed by atoms with Gasteiger partial charge in [-0.25, -0.2) is 4.79 Å². The monoisotopic (exact) mass is 465 g/mol. The van der Waals surface area contributed by atoms with Gasteiger partial charge in [0.25, 0.3) is 5.88 Å². The van der Waals surface area contributed by atoms with Gasteiger partial charge < -0.3 is 19.3 Å². The number of hydrogen-bond acceptors (Lipinski definition) is 6. The van der Waals surface area contributed by atoms with Crippen LogP contribution in [0.1, 0.15) is 11.1 Å². The zero-order valence-corrected chi connectivity index (χ0v) is 18.3. The van der Waals surface area contributed by atoms with Crippen LogP contribution in [0.15, 0.2) is 48.7 Å². The van der Waals surface area contributed by atoms with Gasteiger partial charge in [0, 0.05) is 10.6 Å². The summed E-state index contributed by atoms with van der Waals surface area (Å²) >= 11 is 13.5. The Morgan fingerprint density at radius 2 is 1.97 bits per heavy atom. The Kier molecular flexibility index (Phi) is 7.20. The number of benzene rings is 2. The molecule has 156 valence electrons. The predicted molar refractivity (Wildman–Crippen MR) is 118 cm³/mol. The van der Waals surface area contributed by atoms with Crippen LogP contribution >= 0.6 is 34.5 Å². The van der Waals surface area contributed by atoms with E-state index in [4.69, 9.17) is 37.4 Å². The topological polar surface area (TPSA) is 77.9 Å². The number of hydrogen-bond donors (Lipinski definition) is 1. The average Bonchev–Trinajstić information content (AvgIpc) is 3.13. The maximum absolute atomic E-state index is 11.6. The highest BCUT2D eigenvalue weighted by Gasteiger charge is 2.19. The summed E-state index contributed by atoms with van der Waals surface area (Å²) in [7, 11) is 2.91. The van der Waals surface area contributed by atoms with Gasteiger partial charge in [0.15, 0.2) is 0 Å². The summed E-state index contributed by atoms with van der Waals surface area (Å²) in [6, 6.07) is 12.1. The lowest BCUT2D eigenvalue weighted by Gasteiger charge is -2.11. The van der Waals surface area contributed by atoms with Crippen LogP contribution < -0.4 is 9.47 Å². The third-order valence-electron chi connectivity index (χ3n) is 4.05. The number of methoxy groups -OCH3 is 2. The molecule has 0 atom stereocenters. The van der Waals surface area contributed by atoms with Crippen molar-refractivity contribution in [1.82, 2.24) is 4.98 Å². The molecule has 0 saturated carbocycles. The highest BCUT2D eigenvalue weighted by molar-refractivity contribution is 7.17. The van der Waals surface area contributed by atoms with Gasteiger partial charge in [-0.2, -0.15) is 4.98 Å². The Labute approximate surface area is 187 Å². The molecule has 0 aliphatic carbocycles. The Hall–Kier alpha value is -2.74. The Balaban J connectivity index is 1.89. The van der Waals surface area contributed by atoms with Crippen LogP contribution in [0.5, 0.6) is 10.9 Å². The molecule has 2 aromatic carbocycles. The van der Waals surface area contributed by atoms with E-state index in [-0.39, 0.29) is 18.1 Å². The van der Waals surface area contributed by atoms with E-state index in [0.717, 1.165) is 0 Å². The normalized spacial score (nSPS) is 11.3. The highest BCUT2D eigenvalue weighted by atomic mass is 35.5. The molecular weight excluding hydrogens is 449 g/mol. The van der Waals surface area contributed by atoms with Crippen molar-refractivity contribution in [2.24, 2.45) is 0 Å². The molecule has 0 aliphatic rings. The largest absolute Gasteiger partial charge is 0.503 e. The van der Waals surface area contributed by atoms with Crippen molar-refractivity contribution in [2.75, 3.05) is 14.2 Å². The Morgan fingerprint density at radius 3 is 2.63 bits per heavy atom. The molecule has 30 heavy (non-hydrogen) atoms. The van der Waals surface area contributed by atoms with E-state index in [2.05, 4.69) is 4.98 Å². The standard InChI is InChI=1S/C21H17Cl2NO5S/c1-27-11-16(20(25)26)14-6-4-3-5-12(14)10-29-18-21(28-2)30-19(24-18)15-8-7-13(22)9-17(15)23/h3-9,11H,10H2,1-2H3,(H,25,26). The summed E-state index contributed by atoms with van der Waals surface area (Å²) in [6.45, 7) is 0.0817. The molecular formula is C21H17Cl2NO5S. The SMILES string of the molecule is COC=C(C(=O)O)c1ccccc1COc1nc(-c2ccc(Cl)cc2Cl)sc1OC. The van der Waals surface area contributed by atoms with E-state index < -0.39 is 5.97 Å². The van der Waals surface area contributed by atoms with Crippen molar-refractivity contribution in [2.45, 2.75) is 6.61 Å². The molecule has 0 radical (unpaired) electrons. The second kappa shape index (κ2) is 9.84. The molecule has 1 N–H and O–H groups in total. The van der Waals surface area contributed by atoms with E-state index in [1.165, 1.54) is 31.8 Å². The van der Waals surface area contributed by atoms with Gasteiger partial charge in [0.05, 0.1) is 25.5 Å². The predicted octanol–water partition coefficient (Wildman–Crippen LogP) is 5.78. The van der Waals surface area contributed by atoms with Gasteiger partial charge in [0.2, 0.25) is 5.06 Å². The van der Waals surface area contributed by atoms with Crippen LogP contribution in [0.3, 0.4) is 0 Å². The summed E-state index contributed by atoms with van der Waals surface area (Å²) in [5.41, 5.74) is 1.87. The fraction of sp³-hybridized carbons (Fsp3) is 0.143. The summed E-state index contributed by atoms with van der Waals surface area (Å²) in [4.78, 5) is 16.1. The minimum Gasteiger partial charge on any atom is -0.503 e. The second-order valence-corrected chi connectivity index (χ2v) is 7.76. The lowest BCUT2D eigenvalue weighted by molar-refractivity contribution is -0.130. The number of aromatic nitrogens is 1. The minimum absolute atomic E-state index is 0.0237. The molecule has 0 unspecified atom stereocenters. The number of carbonyl (C=O) groups is 1. The molecule has 0 bridgehead atoms. The molecule has 1 aromatic heterocycles. The number of ether oxygens (including phenoxy) is 3. The number of carboxylic acids is 1. The summed E-state index contributed by atoms with van der Waals surface area (Å²) in [5.74, 6) is -0.818. The first-order valence-electron chi connectivity index (χ1n) is 8.62. The molecule has 6 nitrogen and oxygen atoms in total. The summed E-state index contributed by atoms with van der Waals surface area (Å²) in [5, 5.41) is 11.6. The van der Waals surface area contributed by atoms with E-state index in [9.17, 15) is 9.90 Å². The van der Waals surface area contributed by atoms with Crippen molar-refractivity contribution >= 4 is 46.1 Å². The number of carboxylic acid groups (broad SMARTS) is 1. The van der Waals surface area contributed by atoms with Gasteiger partial charge in [-0.1, -0.05) is 58.8 Å². The van der Waals surface area contributed by atoms with Crippen LogP contribution in [0.4, 0.5) is 0 Å². The van der Waals surface area contributed by atoms with Gasteiger partial charge in [-0.15, -0.1) is 0 Å². The maximum Gasteiger partial charge on any atom is 0.339 e. The van der Waals surface area contributed by atoms with E-state index in [1.807, 2.05) is 0 Å².